The van der Waals surface area contributed by atoms with Crippen molar-refractivity contribution in [3.8, 4) is 0 Å². The average molecular weight is 446 g/mol. The number of fused-ring (bicyclic) bond motifs is 2. The predicted octanol–water partition coefficient (Wildman–Crippen LogP) is 3.83. The van der Waals surface area contributed by atoms with E-state index in [0.29, 0.717) is 34.6 Å². The molecule has 7 nitrogen and oxygen atoms in total. The summed E-state index contributed by atoms with van der Waals surface area (Å²) < 4.78 is 0. The molecule has 2 unspecified atom stereocenters. The first-order chi connectivity index (χ1) is 16.2. The largest absolute Gasteiger partial charge is 0.344 e. The number of carbonyl (C=O) groups is 2. The third-order valence-corrected chi connectivity index (χ3v) is 6.93. The third kappa shape index (κ3) is 4.83. The first kappa shape index (κ1) is 21.8. The predicted molar refractivity (Wildman–Crippen MR) is 127 cm³/mol. The van der Waals surface area contributed by atoms with Crippen molar-refractivity contribution in [1.82, 2.24) is 25.6 Å². The van der Waals surface area contributed by atoms with E-state index >= 15 is 0 Å². The van der Waals surface area contributed by atoms with E-state index in [1.165, 1.54) is 30.4 Å². The summed E-state index contributed by atoms with van der Waals surface area (Å²) >= 11 is 0. The van der Waals surface area contributed by atoms with Gasteiger partial charge in [0.05, 0.1) is 23.5 Å². The SMILES string of the molecule is CNC1CCCc2ccccc21.O=CC(NC(=O)c1c[nH]c2ncc(C3CC3)nc12)C1CC1. The highest BCUT2D eigenvalue weighted by Gasteiger charge is 2.33. The van der Waals surface area contributed by atoms with E-state index in [2.05, 4.69) is 49.9 Å². The van der Waals surface area contributed by atoms with Crippen LogP contribution in [0.2, 0.25) is 0 Å². The number of hydrogen-bond donors (Lipinski definition) is 3. The number of H-pyrrole nitrogens is 1. The third-order valence-electron chi connectivity index (χ3n) is 6.93. The van der Waals surface area contributed by atoms with Crippen LogP contribution in [0, 0.1) is 5.92 Å². The molecular weight excluding hydrogens is 414 g/mol. The molecule has 2 fully saturated rings. The molecule has 3 aliphatic rings. The number of aromatic amines is 1. The van der Waals surface area contributed by atoms with Crippen LogP contribution in [-0.4, -0.2) is 40.2 Å². The Morgan fingerprint density at radius 1 is 1.18 bits per heavy atom. The number of aldehydes is 1. The van der Waals surface area contributed by atoms with Gasteiger partial charge in [-0.1, -0.05) is 24.3 Å². The van der Waals surface area contributed by atoms with Gasteiger partial charge in [-0.2, -0.15) is 0 Å². The molecule has 0 bridgehead atoms. The zero-order chi connectivity index (χ0) is 22.8. The number of carbonyl (C=O) groups excluding carboxylic acids is 2. The lowest BCUT2D eigenvalue weighted by Gasteiger charge is -2.24. The zero-order valence-electron chi connectivity index (χ0n) is 19.0. The van der Waals surface area contributed by atoms with Crippen molar-refractivity contribution in [2.45, 2.75) is 62.9 Å². The molecule has 1 amide bonds. The molecule has 1 aromatic carbocycles. The lowest BCUT2D eigenvalue weighted by atomic mass is 9.88. The van der Waals surface area contributed by atoms with E-state index in [-0.39, 0.29) is 11.9 Å². The molecule has 3 aromatic rings. The standard InChI is InChI=1S/C15H16N4O2.C11H15N/c20-7-12(9-3-4-9)19-15(21)10-5-16-14-13(10)18-11(6-17-14)8-1-2-8;1-12-11-8-4-6-9-5-2-3-7-10(9)11/h5-9,12H,1-4H2,(H,16,17)(H,19,21);2-3,5,7,11-12H,4,6,8H2,1H3. The minimum atomic E-state index is -0.387. The zero-order valence-corrected chi connectivity index (χ0v) is 19.0. The van der Waals surface area contributed by atoms with Crippen molar-refractivity contribution in [1.29, 1.82) is 0 Å². The Hall–Kier alpha value is -3.06. The molecular formula is C26H31N5O2. The van der Waals surface area contributed by atoms with Crippen molar-refractivity contribution in [2.24, 2.45) is 5.92 Å². The summed E-state index contributed by atoms with van der Waals surface area (Å²) in [6, 6.07) is 8.97. The number of amides is 1. The molecule has 0 spiro atoms. The number of aromatic nitrogens is 3. The van der Waals surface area contributed by atoms with Crippen LogP contribution in [-0.2, 0) is 11.2 Å². The van der Waals surface area contributed by atoms with Gasteiger partial charge in [0, 0.05) is 18.2 Å². The highest BCUT2D eigenvalue weighted by molar-refractivity contribution is 6.05. The van der Waals surface area contributed by atoms with Gasteiger partial charge in [0.1, 0.15) is 11.8 Å². The number of nitrogens with zero attached hydrogens (tertiary/aromatic N) is 2. The van der Waals surface area contributed by atoms with Crippen LogP contribution < -0.4 is 10.6 Å². The molecule has 2 aromatic heterocycles. The molecule has 172 valence electrons. The fraction of sp³-hybridized carbons (Fsp3) is 0.462. The van der Waals surface area contributed by atoms with Crippen molar-refractivity contribution in [3.05, 3.63) is 59.0 Å². The van der Waals surface area contributed by atoms with Crippen LogP contribution in [0.25, 0.3) is 11.2 Å². The van der Waals surface area contributed by atoms with Gasteiger partial charge < -0.3 is 20.4 Å². The minimum Gasteiger partial charge on any atom is -0.344 e. The topological polar surface area (TPSA) is 99.8 Å². The molecule has 33 heavy (non-hydrogen) atoms. The van der Waals surface area contributed by atoms with Gasteiger partial charge >= 0.3 is 0 Å². The van der Waals surface area contributed by atoms with Crippen molar-refractivity contribution < 1.29 is 9.59 Å². The van der Waals surface area contributed by atoms with Crippen molar-refractivity contribution in [2.75, 3.05) is 7.05 Å². The first-order valence-electron chi connectivity index (χ1n) is 12.0. The summed E-state index contributed by atoms with van der Waals surface area (Å²) in [5.41, 5.74) is 5.66. The summed E-state index contributed by atoms with van der Waals surface area (Å²) in [6.07, 6.45) is 12.4. The molecule has 0 aliphatic heterocycles. The Morgan fingerprint density at radius 2 is 2.00 bits per heavy atom. The van der Waals surface area contributed by atoms with Crippen molar-refractivity contribution >= 4 is 23.4 Å². The molecule has 2 heterocycles. The van der Waals surface area contributed by atoms with Crippen LogP contribution in [0.1, 0.15) is 77.7 Å². The van der Waals surface area contributed by atoms with Crippen LogP contribution in [0.5, 0.6) is 0 Å². The van der Waals surface area contributed by atoms with Crippen LogP contribution in [0.15, 0.2) is 36.7 Å². The normalized spacial score (nSPS) is 20.3. The van der Waals surface area contributed by atoms with Gasteiger partial charge in [-0.3, -0.25) is 4.79 Å². The fourth-order valence-electron chi connectivity index (χ4n) is 4.66. The van der Waals surface area contributed by atoms with E-state index in [9.17, 15) is 9.59 Å². The second-order valence-corrected chi connectivity index (χ2v) is 9.37. The first-order valence-corrected chi connectivity index (χ1v) is 12.0. The van der Waals surface area contributed by atoms with Gasteiger partial charge in [0.15, 0.2) is 5.65 Å². The molecule has 6 rings (SSSR count). The quantitative estimate of drug-likeness (QED) is 0.501. The monoisotopic (exact) mass is 445 g/mol. The second kappa shape index (κ2) is 9.43. The van der Waals surface area contributed by atoms with E-state index in [1.807, 2.05) is 7.05 Å². The van der Waals surface area contributed by atoms with Gasteiger partial charge in [-0.05, 0) is 69.0 Å². The van der Waals surface area contributed by atoms with Crippen molar-refractivity contribution in [3.63, 3.8) is 0 Å². The molecule has 3 aliphatic carbocycles. The fourth-order valence-corrected chi connectivity index (χ4v) is 4.66. The van der Waals surface area contributed by atoms with Gasteiger partial charge in [0.2, 0.25) is 0 Å². The van der Waals surface area contributed by atoms with E-state index in [1.54, 1.807) is 12.4 Å². The highest BCUT2D eigenvalue weighted by atomic mass is 16.2. The maximum Gasteiger partial charge on any atom is 0.255 e. The summed E-state index contributed by atoms with van der Waals surface area (Å²) in [4.78, 5) is 35.3. The number of aryl methyl sites for hydroxylation is 1. The van der Waals surface area contributed by atoms with Crippen LogP contribution in [0.4, 0.5) is 0 Å². The smallest absolute Gasteiger partial charge is 0.255 e. The minimum absolute atomic E-state index is 0.257. The number of benzene rings is 1. The Morgan fingerprint density at radius 3 is 2.73 bits per heavy atom. The van der Waals surface area contributed by atoms with Gasteiger partial charge in [0.25, 0.3) is 5.91 Å². The lowest BCUT2D eigenvalue weighted by molar-refractivity contribution is -0.109. The Kier molecular flexibility index (Phi) is 6.22. The molecule has 2 saturated carbocycles. The van der Waals surface area contributed by atoms with E-state index in [4.69, 9.17) is 0 Å². The highest BCUT2D eigenvalue weighted by Crippen LogP contribution is 2.39. The Bertz CT molecular complexity index is 1150. The molecule has 7 heteroatoms. The number of nitrogens with one attached hydrogen (secondary N) is 3. The summed E-state index contributed by atoms with van der Waals surface area (Å²) in [5.74, 6) is 0.527. The molecule has 2 atom stereocenters. The summed E-state index contributed by atoms with van der Waals surface area (Å²) in [7, 11) is 2.05. The maximum absolute atomic E-state index is 12.4. The number of hydrogen-bond acceptors (Lipinski definition) is 5. The number of rotatable bonds is 6. The Balaban J connectivity index is 0.000000162. The molecule has 0 saturated heterocycles. The molecule has 0 radical (unpaired) electrons. The Labute approximate surface area is 193 Å². The lowest BCUT2D eigenvalue weighted by Crippen LogP contribution is -2.37. The van der Waals surface area contributed by atoms with Gasteiger partial charge in [-0.15, -0.1) is 0 Å². The average Bonchev–Trinajstić information content (AvgIpc) is 3.79. The van der Waals surface area contributed by atoms with Gasteiger partial charge in [-0.25, -0.2) is 9.97 Å². The molecule has 3 N–H and O–H groups in total. The summed E-state index contributed by atoms with van der Waals surface area (Å²) in [6.45, 7) is 0. The van der Waals surface area contributed by atoms with Crippen LogP contribution >= 0.6 is 0 Å². The van der Waals surface area contributed by atoms with E-state index in [0.717, 1.165) is 37.7 Å². The maximum atomic E-state index is 12.4. The van der Waals surface area contributed by atoms with E-state index < -0.39 is 0 Å². The van der Waals surface area contributed by atoms with Crippen LogP contribution in [0.3, 0.4) is 0 Å². The summed E-state index contributed by atoms with van der Waals surface area (Å²) in [5, 5.41) is 6.15. The second-order valence-electron chi connectivity index (χ2n) is 9.37.